The van der Waals surface area contributed by atoms with Gasteiger partial charge >= 0.3 is 6.18 Å². The molecular formula is C29H33F4N5O. The van der Waals surface area contributed by atoms with Crippen LogP contribution in [0.3, 0.4) is 0 Å². The maximum Gasteiger partial charge on any atom is 0.416 e. The van der Waals surface area contributed by atoms with Gasteiger partial charge in [-0.1, -0.05) is 12.1 Å². The average Bonchev–Trinajstić information content (AvgIpc) is 3.42. The van der Waals surface area contributed by atoms with Gasteiger partial charge < -0.3 is 14.8 Å². The van der Waals surface area contributed by atoms with Gasteiger partial charge in [0.1, 0.15) is 18.3 Å². The maximum atomic E-state index is 14.0. The number of carbonyl (C=O) groups is 1. The SMILES string of the molecule is Cn1cnnc1Cc1cccc(N2Cc3c(cc(CNC4(C)CCC4)cc3C(F)(F)F)C2=O)c1.FC1CCC1. The molecule has 2 fully saturated rings. The fourth-order valence-corrected chi connectivity index (χ4v) is 5.07. The molecule has 0 atom stereocenters. The third-order valence-corrected chi connectivity index (χ3v) is 8.01. The number of amides is 1. The van der Waals surface area contributed by atoms with Gasteiger partial charge in [0, 0.05) is 36.8 Å². The van der Waals surface area contributed by atoms with Crippen LogP contribution in [0.15, 0.2) is 42.7 Å². The van der Waals surface area contributed by atoms with Crippen molar-refractivity contribution in [3.63, 3.8) is 0 Å². The molecule has 0 spiro atoms. The Hall–Kier alpha value is -3.27. The van der Waals surface area contributed by atoms with Crippen LogP contribution in [-0.4, -0.2) is 32.4 Å². The van der Waals surface area contributed by atoms with Gasteiger partial charge in [-0.05, 0) is 86.4 Å². The van der Waals surface area contributed by atoms with Crippen LogP contribution in [0.5, 0.6) is 0 Å². The Kier molecular flexibility index (Phi) is 7.50. The summed E-state index contributed by atoms with van der Waals surface area (Å²) in [6.07, 6.45) is 3.01. The summed E-state index contributed by atoms with van der Waals surface area (Å²) in [6.45, 7) is 2.27. The number of fused-ring (bicyclic) bond motifs is 1. The molecule has 10 heteroatoms. The largest absolute Gasteiger partial charge is 0.416 e. The number of halogens is 4. The topological polar surface area (TPSA) is 63.1 Å². The number of alkyl halides is 4. The van der Waals surface area contributed by atoms with Gasteiger partial charge in [0.2, 0.25) is 0 Å². The van der Waals surface area contributed by atoms with E-state index < -0.39 is 23.8 Å². The van der Waals surface area contributed by atoms with Crippen molar-refractivity contribution in [3.05, 3.63) is 76.4 Å². The number of hydrogen-bond acceptors (Lipinski definition) is 4. The number of aromatic nitrogens is 3. The molecule has 1 aromatic heterocycles. The first-order valence-electron chi connectivity index (χ1n) is 13.4. The first-order valence-corrected chi connectivity index (χ1v) is 13.4. The number of anilines is 1. The van der Waals surface area contributed by atoms with E-state index >= 15 is 0 Å². The lowest BCUT2D eigenvalue weighted by atomic mass is 9.78. The van der Waals surface area contributed by atoms with E-state index in [4.69, 9.17) is 0 Å². The Bertz CT molecular complexity index is 1340. The highest BCUT2D eigenvalue weighted by Gasteiger charge is 2.41. The minimum atomic E-state index is -4.54. The van der Waals surface area contributed by atoms with Gasteiger partial charge in [0.05, 0.1) is 12.1 Å². The fourth-order valence-electron chi connectivity index (χ4n) is 5.07. The van der Waals surface area contributed by atoms with Gasteiger partial charge in [-0.3, -0.25) is 4.79 Å². The van der Waals surface area contributed by atoms with Gasteiger partial charge in [-0.2, -0.15) is 13.2 Å². The summed E-state index contributed by atoms with van der Waals surface area (Å²) in [5, 5.41) is 11.3. The molecule has 2 aromatic carbocycles. The minimum absolute atomic E-state index is 0.0369. The van der Waals surface area contributed by atoms with Gasteiger partial charge in [0.15, 0.2) is 0 Å². The summed E-state index contributed by atoms with van der Waals surface area (Å²) in [4.78, 5) is 14.7. The molecular weight excluding hydrogens is 510 g/mol. The number of carbonyl (C=O) groups excluding carboxylic acids is 1. The van der Waals surface area contributed by atoms with E-state index in [0.29, 0.717) is 24.2 Å². The summed E-state index contributed by atoms with van der Waals surface area (Å²) in [6, 6.07) is 10.1. The Labute approximate surface area is 225 Å². The van der Waals surface area contributed by atoms with Crippen LogP contribution in [0.25, 0.3) is 0 Å². The average molecular weight is 544 g/mol. The lowest BCUT2D eigenvalue weighted by Crippen LogP contribution is -2.47. The van der Waals surface area contributed by atoms with E-state index in [0.717, 1.165) is 49.9 Å². The van der Waals surface area contributed by atoms with Crippen LogP contribution >= 0.6 is 0 Å². The van der Waals surface area contributed by atoms with Crippen LogP contribution in [0.2, 0.25) is 0 Å². The second kappa shape index (κ2) is 10.7. The molecule has 1 amide bonds. The molecule has 0 radical (unpaired) electrons. The summed E-state index contributed by atoms with van der Waals surface area (Å²) in [5.74, 6) is 0.345. The molecule has 1 N–H and O–H groups in total. The van der Waals surface area contributed by atoms with Crippen LogP contribution in [-0.2, 0) is 32.7 Å². The molecule has 1 aliphatic heterocycles. The third-order valence-electron chi connectivity index (χ3n) is 8.01. The van der Waals surface area contributed by atoms with Crippen molar-refractivity contribution in [2.45, 2.75) is 82.8 Å². The Morgan fingerprint density at radius 3 is 2.41 bits per heavy atom. The highest BCUT2D eigenvalue weighted by molar-refractivity contribution is 6.10. The highest BCUT2D eigenvalue weighted by Crippen LogP contribution is 2.40. The van der Waals surface area contributed by atoms with Crippen LogP contribution < -0.4 is 10.2 Å². The van der Waals surface area contributed by atoms with Crippen molar-refractivity contribution >= 4 is 11.6 Å². The number of nitrogens with one attached hydrogen (secondary N) is 1. The molecule has 0 bridgehead atoms. The van der Waals surface area contributed by atoms with Crippen LogP contribution in [0.1, 0.15) is 83.9 Å². The predicted molar refractivity (Wildman–Crippen MR) is 140 cm³/mol. The smallest absolute Gasteiger partial charge is 0.320 e. The van der Waals surface area contributed by atoms with Crippen LogP contribution in [0, 0.1) is 0 Å². The maximum absolute atomic E-state index is 14.0. The summed E-state index contributed by atoms with van der Waals surface area (Å²) in [7, 11) is 1.84. The molecule has 3 aromatic rings. The van der Waals surface area contributed by atoms with E-state index in [1.54, 1.807) is 29.1 Å². The minimum Gasteiger partial charge on any atom is -0.320 e. The zero-order valence-corrected chi connectivity index (χ0v) is 22.2. The zero-order chi connectivity index (χ0) is 27.8. The second-order valence-electron chi connectivity index (χ2n) is 11.1. The number of aryl methyl sites for hydroxylation is 1. The van der Waals surface area contributed by atoms with Crippen LogP contribution in [0.4, 0.5) is 23.2 Å². The molecule has 2 aliphatic carbocycles. The normalized spacial score (nSPS) is 18.2. The number of rotatable bonds is 6. The molecule has 3 aliphatic rings. The molecule has 6 nitrogen and oxygen atoms in total. The van der Waals surface area contributed by atoms with E-state index in [2.05, 4.69) is 22.4 Å². The number of hydrogen-bond donors (Lipinski definition) is 1. The standard InChI is InChI=1S/C25H26F3N5O.C4H7F/c1-24(7-4-8-24)29-13-17-10-19-20(21(11-17)25(26,27)28)14-33(23(19)34)18-6-3-5-16(9-18)12-22-31-30-15-32(22)2;5-4-2-1-3-4/h3,5-6,9-11,15,29H,4,7-8,12-14H2,1-2H3;4H,1-3H2. The van der Waals surface area contributed by atoms with Crippen molar-refractivity contribution in [1.82, 2.24) is 20.1 Å². The second-order valence-corrected chi connectivity index (χ2v) is 11.1. The monoisotopic (exact) mass is 543 g/mol. The molecule has 0 unspecified atom stereocenters. The Balaban J connectivity index is 0.000000555. The predicted octanol–water partition coefficient (Wildman–Crippen LogP) is 6.13. The van der Waals surface area contributed by atoms with E-state index in [9.17, 15) is 22.4 Å². The fraction of sp³-hybridized carbons (Fsp3) is 0.483. The van der Waals surface area contributed by atoms with Gasteiger partial charge in [-0.25, -0.2) is 4.39 Å². The van der Waals surface area contributed by atoms with E-state index in [-0.39, 0.29) is 23.2 Å². The molecule has 39 heavy (non-hydrogen) atoms. The molecule has 2 saturated carbocycles. The lowest BCUT2D eigenvalue weighted by molar-refractivity contribution is -0.138. The van der Waals surface area contributed by atoms with Gasteiger partial charge in [-0.15, -0.1) is 10.2 Å². The quantitative estimate of drug-likeness (QED) is 0.380. The van der Waals surface area contributed by atoms with Crippen molar-refractivity contribution in [2.24, 2.45) is 7.05 Å². The van der Waals surface area contributed by atoms with E-state index in [1.165, 1.54) is 11.0 Å². The van der Waals surface area contributed by atoms with Crippen molar-refractivity contribution in [2.75, 3.05) is 4.90 Å². The van der Waals surface area contributed by atoms with Crippen molar-refractivity contribution in [3.8, 4) is 0 Å². The lowest BCUT2D eigenvalue weighted by Gasteiger charge is -2.39. The van der Waals surface area contributed by atoms with E-state index in [1.807, 2.05) is 19.2 Å². The molecule has 2 heterocycles. The molecule has 6 rings (SSSR count). The third kappa shape index (κ3) is 6.00. The first kappa shape index (κ1) is 27.3. The number of nitrogens with zero attached hydrogens (tertiary/aromatic N) is 4. The molecule has 0 saturated heterocycles. The van der Waals surface area contributed by atoms with Crippen molar-refractivity contribution in [1.29, 1.82) is 0 Å². The number of benzene rings is 2. The first-order chi connectivity index (χ1) is 18.5. The summed E-state index contributed by atoms with van der Waals surface area (Å²) >= 11 is 0. The Morgan fingerprint density at radius 1 is 1.10 bits per heavy atom. The zero-order valence-electron chi connectivity index (χ0n) is 22.2. The van der Waals surface area contributed by atoms with Crippen molar-refractivity contribution < 1.29 is 22.4 Å². The summed E-state index contributed by atoms with van der Waals surface area (Å²) < 4.78 is 55.3. The summed E-state index contributed by atoms with van der Waals surface area (Å²) in [5.41, 5.74) is 1.33. The van der Waals surface area contributed by atoms with Gasteiger partial charge in [0.25, 0.3) is 5.91 Å². The molecule has 208 valence electrons. The Morgan fingerprint density at radius 2 is 1.85 bits per heavy atom. The highest BCUT2D eigenvalue weighted by atomic mass is 19.4.